The van der Waals surface area contributed by atoms with Crippen molar-refractivity contribution < 1.29 is 21.9 Å². The van der Waals surface area contributed by atoms with Gasteiger partial charge in [-0.05, 0) is 30.0 Å². The van der Waals surface area contributed by atoms with Crippen LogP contribution >= 0.6 is 0 Å². The summed E-state index contributed by atoms with van der Waals surface area (Å²) in [6.07, 6.45) is 3.22. The van der Waals surface area contributed by atoms with Crippen molar-refractivity contribution in [2.24, 2.45) is 7.05 Å². The fourth-order valence-corrected chi connectivity index (χ4v) is 5.35. The molecular formula is C23H18F2N4O4S. The Hall–Kier alpha value is -3.86. The fourth-order valence-electron chi connectivity index (χ4n) is 3.89. The van der Waals surface area contributed by atoms with Gasteiger partial charge in [-0.15, -0.1) is 0 Å². The first-order chi connectivity index (χ1) is 16.2. The molecule has 0 spiro atoms. The van der Waals surface area contributed by atoms with Gasteiger partial charge in [0.25, 0.3) is 5.56 Å². The SMILES string of the molecule is Cn1cc(-c2nc(N3CCCS3(=O)=O)ncc2Oc2ccc(F)cc2F)c2ccccc2c1=O. The quantitative estimate of drug-likeness (QED) is 0.439. The molecule has 34 heavy (non-hydrogen) atoms. The van der Waals surface area contributed by atoms with Crippen LogP contribution in [-0.2, 0) is 17.1 Å². The number of hydrogen-bond acceptors (Lipinski definition) is 6. The zero-order valence-electron chi connectivity index (χ0n) is 17.9. The third kappa shape index (κ3) is 3.77. The van der Waals surface area contributed by atoms with E-state index in [0.29, 0.717) is 28.8 Å². The van der Waals surface area contributed by atoms with Crippen LogP contribution in [0.4, 0.5) is 14.7 Å². The summed E-state index contributed by atoms with van der Waals surface area (Å²) in [5.41, 5.74) is 0.376. The molecule has 1 aliphatic heterocycles. The number of anilines is 1. The van der Waals surface area contributed by atoms with E-state index in [2.05, 4.69) is 9.97 Å². The highest BCUT2D eigenvalue weighted by Crippen LogP contribution is 2.37. The van der Waals surface area contributed by atoms with E-state index in [9.17, 15) is 22.0 Å². The van der Waals surface area contributed by atoms with Crippen molar-refractivity contribution in [3.8, 4) is 22.8 Å². The lowest BCUT2D eigenvalue weighted by molar-refractivity contribution is 0.436. The molecule has 0 unspecified atom stereocenters. The summed E-state index contributed by atoms with van der Waals surface area (Å²) in [6, 6.07) is 9.72. The summed E-state index contributed by atoms with van der Waals surface area (Å²) in [6.45, 7) is 0.225. The number of ether oxygens (including phenoxy) is 1. The minimum Gasteiger partial charge on any atom is -0.450 e. The number of aryl methyl sites for hydroxylation is 1. The molecule has 11 heteroatoms. The Morgan fingerprint density at radius 2 is 1.82 bits per heavy atom. The molecule has 4 aromatic rings. The van der Waals surface area contributed by atoms with E-state index in [4.69, 9.17) is 4.74 Å². The van der Waals surface area contributed by atoms with Crippen molar-refractivity contribution >= 4 is 26.7 Å². The van der Waals surface area contributed by atoms with Crippen molar-refractivity contribution in [2.45, 2.75) is 6.42 Å². The van der Waals surface area contributed by atoms with Gasteiger partial charge in [0, 0.05) is 36.8 Å². The molecule has 2 aromatic carbocycles. The standard InChI is InChI=1S/C23H18F2N4O4S/c1-28-13-17(15-5-2-3-6-16(15)22(28)30)21-20(33-19-8-7-14(24)11-18(19)25)12-26-23(27-21)29-9-4-10-34(29,31)32/h2-3,5-8,11-13H,4,9-10H2,1H3. The number of nitrogens with zero attached hydrogens (tertiary/aromatic N) is 4. The molecule has 0 N–H and O–H groups in total. The maximum Gasteiger partial charge on any atom is 0.258 e. The summed E-state index contributed by atoms with van der Waals surface area (Å²) < 4.78 is 60.8. The lowest BCUT2D eigenvalue weighted by atomic mass is 10.0. The van der Waals surface area contributed by atoms with Gasteiger partial charge in [-0.25, -0.2) is 31.5 Å². The number of halogens is 2. The summed E-state index contributed by atoms with van der Waals surface area (Å²) in [4.78, 5) is 21.3. The van der Waals surface area contributed by atoms with Crippen LogP contribution in [0.2, 0.25) is 0 Å². The Morgan fingerprint density at radius 3 is 2.53 bits per heavy atom. The molecular weight excluding hydrogens is 466 g/mol. The highest BCUT2D eigenvalue weighted by atomic mass is 32.2. The Balaban J connectivity index is 1.75. The second kappa shape index (κ2) is 8.17. The Morgan fingerprint density at radius 1 is 1.06 bits per heavy atom. The molecule has 0 amide bonds. The predicted octanol–water partition coefficient (Wildman–Crippen LogP) is 3.61. The highest BCUT2D eigenvalue weighted by molar-refractivity contribution is 7.93. The molecule has 0 atom stereocenters. The topological polar surface area (TPSA) is 94.4 Å². The largest absolute Gasteiger partial charge is 0.450 e. The Bertz CT molecular complexity index is 1600. The number of sulfonamides is 1. The molecule has 8 nitrogen and oxygen atoms in total. The second-order valence-electron chi connectivity index (χ2n) is 7.81. The zero-order valence-corrected chi connectivity index (χ0v) is 18.7. The van der Waals surface area contributed by atoms with Gasteiger partial charge in [-0.2, -0.15) is 0 Å². The number of fused-ring (bicyclic) bond motifs is 1. The fraction of sp³-hybridized carbons (Fsp3) is 0.174. The molecule has 1 saturated heterocycles. The first kappa shape index (κ1) is 22.0. The number of pyridine rings is 1. The van der Waals surface area contributed by atoms with Crippen LogP contribution in [0.5, 0.6) is 11.5 Å². The zero-order chi connectivity index (χ0) is 24.0. The summed E-state index contributed by atoms with van der Waals surface area (Å²) >= 11 is 0. The Labute approximate surface area is 193 Å². The number of benzene rings is 2. The van der Waals surface area contributed by atoms with Crippen molar-refractivity contribution in [3.05, 3.63) is 76.8 Å². The van der Waals surface area contributed by atoms with E-state index in [1.54, 1.807) is 37.5 Å². The average Bonchev–Trinajstić information content (AvgIpc) is 3.17. The minimum atomic E-state index is -3.57. The summed E-state index contributed by atoms with van der Waals surface area (Å²) in [5.74, 6) is -2.02. The monoisotopic (exact) mass is 484 g/mol. The molecule has 174 valence electrons. The van der Waals surface area contributed by atoms with Crippen molar-refractivity contribution in [3.63, 3.8) is 0 Å². The van der Waals surface area contributed by atoms with Crippen molar-refractivity contribution in [2.75, 3.05) is 16.6 Å². The van der Waals surface area contributed by atoms with Crippen LogP contribution in [0.1, 0.15) is 6.42 Å². The van der Waals surface area contributed by atoms with Gasteiger partial charge in [-0.3, -0.25) is 4.79 Å². The normalized spacial score (nSPS) is 15.1. The van der Waals surface area contributed by atoms with E-state index in [-0.39, 0.29) is 41.0 Å². The molecule has 0 aliphatic carbocycles. The Kier molecular flexibility index (Phi) is 5.28. The average molecular weight is 484 g/mol. The molecule has 2 aromatic heterocycles. The van der Waals surface area contributed by atoms with Gasteiger partial charge in [0.2, 0.25) is 16.0 Å². The third-order valence-corrected chi connectivity index (χ3v) is 7.35. The van der Waals surface area contributed by atoms with Gasteiger partial charge < -0.3 is 9.30 Å². The van der Waals surface area contributed by atoms with Crippen molar-refractivity contribution in [1.29, 1.82) is 0 Å². The predicted molar refractivity (Wildman–Crippen MR) is 122 cm³/mol. The highest BCUT2D eigenvalue weighted by Gasteiger charge is 2.31. The summed E-state index contributed by atoms with van der Waals surface area (Å²) in [5, 5.41) is 0.958. The van der Waals surface area contributed by atoms with Gasteiger partial charge in [0.1, 0.15) is 11.5 Å². The number of hydrogen-bond donors (Lipinski definition) is 0. The smallest absolute Gasteiger partial charge is 0.258 e. The van der Waals surface area contributed by atoms with Crippen LogP contribution < -0.4 is 14.6 Å². The van der Waals surface area contributed by atoms with E-state index in [1.807, 2.05) is 0 Å². The maximum atomic E-state index is 14.3. The molecule has 0 saturated carbocycles. The lowest BCUT2D eigenvalue weighted by Gasteiger charge is -2.18. The minimum absolute atomic E-state index is 0.00894. The van der Waals surface area contributed by atoms with Crippen molar-refractivity contribution in [1.82, 2.24) is 14.5 Å². The van der Waals surface area contributed by atoms with Gasteiger partial charge in [-0.1, -0.05) is 18.2 Å². The van der Waals surface area contributed by atoms with Crippen LogP contribution in [0.15, 0.2) is 59.7 Å². The van der Waals surface area contributed by atoms with E-state index in [0.717, 1.165) is 16.4 Å². The molecule has 0 radical (unpaired) electrons. The third-order valence-electron chi connectivity index (χ3n) is 5.52. The van der Waals surface area contributed by atoms with Crippen LogP contribution in [0, 0.1) is 11.6 Å². The van der Waals surface area contributed by atoms with Crippen LogP contribution in [0.3, 0.4) is 0 Å². The molecule has 0 bridgehead atoms. The van der Waals surface area contributed by atoms with Gasteiger partial charge >= 0.3 is 0 Å². The number of aromatic nitrogens is 3. The first-order valence-corrected chi connectivity index (χ1v) is 11.9. The molecule has 5 rings (SSSR count). The van der Waals surface area contributed by atoms with Gasteiger partial charge in [0.15, 0.2) is 17.3 Å². The van der Waals surface area contributed by atoms with E-state index < -0.39 is 21.7 Å². The maximum absolute atomic E-state index is 14.3. The van der Waals surface area contributed by atoms with E-state index >= 15 is 0 Å². The summed E-state index contributed by atoms with van der Waals surface area (Å²) in [7, 11) is -1.99. The van der Waals surface area contributed by atoms with Gasteiger partial charge in [0.05, 0.1) is 11.9 Å². The molecule has 1 fully saturated rings. The number of rotatable bonds is 4. The first-order valence-electron chi connectivity index (χ1n) is 10.3. The lowest BCUT2D eigenvalue weighted by Crippen LogP contribution is -2.27. The van der Waals surface area contributed by atoms with E-state index in [1.165, 1.54) is 10.8 Å². The molecule has 3 heterocycles. The molecule has 1 aliphatic rings. The van der Waals surface area contributed by atoms with Crippen LogP contribution in [0.25, 0.3) is 22.0 Å². The second-order valence-corrected chi connectivity index (χ2v) is 9.82. The van der Waals surface area contributed by atoms with Crippen LogP contribution in [-0.4, -0.2) is 35.3 Å².